The third-order valence-corrected chi connectivity index (χ3v) is 3.15. The molecule has 0 fully saturated rings. The number of nitrogens with one attached hydrogen (secondary N) is 1. The second-order valence-corrected chi connectivity index (χ2v) is 4.70. The minimum atomic E-state index is -0.139. The van der Waals surface area contributed by atoms with Gasteiger partial charge in [-0.15, -0.1) is 0 Å². The molecule has 22 heavy (non-hydrogen) atoms. The molecule has 0 atom stereocenters. The number of hydrogen-bond acceptors (Lipinski definition) is 4. The van der Waals surface area contributed by atoms with Gasteiger partial charge in [-0.25, -0.2) is 9.97 Å². The Hall–Kier alpha value is -3.21. The molecule has 0 bridgehead atoms. The number of amides is 1. The van der Waals surface area contributed by atoms with Gasteiger partial charge in [0.15, 0.2) is 0 Å². The fraction of sp³-hybridized carbons (Fsp3) is 0. The van der Waals surface area contributed by atoms with Crippen molar-refractivity contribution in [3.05, 3.63) is 72.4 Å². The van der Waals surface area contributed by atoms with Crippen LogP contribution in [0.25, 0.3) is 11.3 Å². The average Bonchev–Trinajstić information content (AvgIpc) is 2.56. The molecule has 0 aliphatic carbocycles. The highest BCUT2D eigenvalue weighted by Crippen LogP contribution is 2.20. The maximum absolute atomic E-state index is 12.1. The van der Waals surface area contributed by atoms with Gasteiger partial charge in [0, 0.05) is 23.0 Å². The van der Waals surface area contributed by atoms with E-state index in [1.807, 2.05) is 42.5 Å². The Labute approximate surface area is 127 Å². The number of nitrogens with zero attached hydrogens (tertiary/aromatic N) is 2. The number of aromatic nitrogens is 2. The lowest BCUT2D eigenvalue weighted by molar-refractivity contribution is 0.102. The van der Waals surface area contributed by atoms with Crippen molar-refractivity contribution in [1.29, 1.82) is 0 Å². The van der Waals surface area contributed by atoms with Gasteiger partial charge in [0.25, 0.3) is 5.91 Å². The van der Waals surface area contributed by atoms with Crippen molar-refractivity contribution in [3.63, 3.8) is 0 Å². The number of nitrogen functional groups attached to an aromatic ring is 1. The highest BCUT2D eigenvalue weighted by molar-refractivity contribution is 6.04. The van der Waals surface area contributed by atoms with Crippen LogP contribution in [0.5, 0.6) is 0 Å². The van der Waals surface area contributed by atoms with Gasteiger partial charge in [-0.05, 0) is 30.3 Å². The summed E-state index contributed by atoms with van der Waals surface area (Å²) in [5, 5.41) is 2.85. The molecule has 3 rings (SSSR count). The van der Waals surface area contributed by atoms with Crippen molar-refractivity contribution in [2.24, 2.45) is 0 Å². The summed E-state index contributed by atoms with van der Waals surface area (Å²) in [7, 11) is 0. The van der Waals surface area contributed by atoms with E-state index in [0.717, 1.165) is 16.9 Å². The van der Waals surface area contributed by atoms with E-state index in [2.05, 4.69) is 15.3 Å². The standard InChI is InChI=1S/C17H14N4O/c18-17-19-11-10-15(21-17)12-6-8-14(9-7-12)20-16(22)13-4-2-1-3-5-13/h1-11H,(H,20,22)(H2,18,19,21). The summed E-state index contributed by atoms with van der Waals surface area (Å²) in [5.41, 5.74) is 8.57. The molecule has 0 unspecified atom stereocenters. The van der Waals surface area contributed by atoms with Crippen LogP contribution in [-0.4, -0.2) is 15.9 Å². The molecule has 0 spiro atoms. The van der Waals surface area contributed by atoms with Crippen molar-refractivity contribution in [2.45, 2.75) is 0 Å². The van der Waals surface area contributed by atoms with Crippen LogP contribution < -0.4 is 11.1 Å². The lowest BCUT2D eigenvalue weighted by Gasteiger charge is -2.06. The fourth-order valence-corrected chi connectivity index (χ4v) is 2.05. The van der Waals surface area contributed by atoms with Crippen molar-refractivity contribution in [1.82, 2.24) is 9.97 Å². The summed E-state index contributed by atoms with van der Waals surface area (Å²) in [6.07, 6.45) is 1.61. The van der Waals surface area contributed by atoms with Crippen LogP contribution in [-0.2, 0) is 0 Å². The fourth-order valence-electron chi connectivity index (χ4n) is 2.05. The molecular formula is C17H14N4O. The van der Waals surface area contributed by atoms with Crippen LogP contribution >= 0.6 is 0 Å². The quantitative estimate of drug-likeness (QED) is 0.777. The summed E-state index contributed by atoms with van der Waals surface area (Å²) in [4.78, 5) is 20.1. The van der Waals surface area contributed by atoms with Crippen LogP contribution in [0.3, 0.4) is 0 Å². The predicted octanol–water partition coefficient (Wildman–Crippen LogP) is 2.98. The first-order valence-electron chi connectivity index (χ1n) is 6.78. The van der Waals surface area contributed by atoms with E-state index in [0.29, 0.717) is 5.56 Å². The Morgan fingerprint density at radius 3 is 2.36 bits per heavy atom. The molecule has 0 aliphatic heterocycles. The zero-order valence-electron chi connectivity index (χ0n) is 11.7. The number of carbonyl (C=O) groups excluding carboxylic acids is 1. The second-order valence-electron chi connectivity index (χ2n) is 4.70. The monoisotopic (exact) mass is 290 g/mol. The van der Waals surface area contributed by atoms with Gasteiger partial charge < -0.3 is 11.1 Å². The Kier molecular flexibility index (Phi) is 3.78. The zero-order valence-corrected chi connectivity index (χ0v) is 11.7. The summed E-state index contributed by atoms with van der Waals surface area (Å²) in [5.74, 6) is 0.0959. The molecule has 5 nitrogen and oxygen atoms in total. The molecule has 0 aliphatic rings. The number of rotatable bonds is 3. The Bertz CT molecular complexity index is 785. The minimum absolute atomic E-state index is 0.139. The first-order chi connectivity index (χ1) is 10.7. The first kappa shape index (κ1) is 13.8. The van der Waals surface area contributed by atoms with Crippen molar-refractivity contribution < 1.29 is 4.79 Å². The third kappa shape index (κ3) is 3.09. The number of anilines is 2. The van der Waals surface area contributed by atoms with Crippen LogP contribution in [0.2, 0.25) is 0 Å². The molecule has 3 N–H and O–H groups in total. The maximum Gasteiger partial charge on any atom is 0.255 e. The van der Waals surface area contributed by atoms with Gasteiger partial charge in [0.05, 0.1) is 5.69 Å². The van der Waals surface area contributed by atoms with Gasteiger partial charge in [0.1, 0.15) is 0 Å². The van der Waals surface area contributed by atoms with E-state index < -0.39 is 0 Å². The Morgan fingerprint density at radius 2 is 1.68 bits per heavy atom. The average molecular weight is 290 g/mol. The molecule has 3 aromatic rings. The molecule has 1 aromatic heterocycles. The summed E-state index contributed by atoms with van der Waals surface area (Å²) in [6.45, 7) is 0. The largest absolute Gasteiger partial charge is 0.368 e. The molecule has 0 saturated carbocycles. The molecule has 0 saturated heterocycles. The topological polar surface area (TPSA) is 80.9 Å². The Balaban J connectivity index is 1.76. The summed E-state index contributed by atoms with van der Waals surface area (Å²) in [6, 6.07) is 18.3. The van der Waals surface area contributed by atoms with E-state index in [1.54, 1.807) is 24.4 Å². The second kappa shape index (κ2) is 6.05. The van der Waals surface area contributed by atoms with E-state index in [1.165, 1.54) is 0 Å². The van der Waals surface area contributed by atoms with Gasteiger partial charge in [0.2, 0.25) is 5.95 Å². The van der Waals surface area contributed by atoms with Gasteiger partial charge in [-0.1, -0.05) is 30.3 Å². The molecule has 1 amide bonds. The summed E-state index contributed by atoms with van der Waals surface area (Å²) >= 11 is 0. The van der Waals surface area contributed by atoms with E-state index >= 15 is 0 Å². The molecule has 5 heteroatoms. The van der Waals surface area contributed by atoms with Gasteiger partial charge in [-0.3, -0.25) is 4.79 Å². The third-order valence-electron chi connectivity index (χ3n) is 3.15. The SMILES string of the molecule is Nc1nccc(-c2ccc(NC(=O)c3ccccc3)cc2)n1. The number of hydrogen-bond donors (Lipinski definition) is 2. The van der Waals surface area contributed by atoms with Crippen LogP contribution in [0, 0.1) is 0 Å². The lowest BCUT2D eigenvalue weighted by Crippen LogP contribution is -2.11. The molecule has 1 heterocycles. The van der Waals surface area contributed by atoms with Gasteiger partial charge >= 0.3 is 0 Å². The van der Waals surface area contributed by atoms with Crippen LogP contribution in [0.15, 0.2) is 66.9 Å². The first-order valence-corrected chi connectivity index (χ1v) is 6.78. The number of nitrogens with two attached hydrogens (primary N) is 1. The molecular weight excluding hydrogens is 276 g/mol. The molecule has 0 radical (unpaired) electrons. The van der Waals surface area contributed by atoms with Crippen LogP contribution in [0.1, 0.15) is 10.4 Å². The highest BCUT2D eigenvalue weighted by Gasteiger charge is 2.06. The molecule has 2 aromatic carbocycles. The lowest BCUT2D eigenvalue weighted by atomic mass is 10.1. The number of carbonyl (C=O) groups is 1. The van der Waals surface area contributed by atoms with Gasteiger partial charge in [-0.2, -0.15) is 0 Å². The normalized spacial score (nSPS) is 10.2. The predicted molar refractivity (Wildman–Crippen MR) is 86.3 cm³/mol. The number of benzene rings is 2. The minimum Gasteiger partial charge on any atom is -0.368 e. The van der Waals surface area contributed by atoms with E-state index in [4.69, 9.17) is 5.73 Å². The van der Waals surface area contributed by atoms with Crippen molar-refractivity contribution in [3.8, 4) is 11.3 Å². The smallest absolute Gasteiger partial charge is 0.255 e. The van der Waals surface area contributed by atoms with E-state index in [-0.39, 0.29) is 11.9 Å². The highest BCUT2D eigenvalue weighted by atomic mass is 16.1. The van der Waals surface area contributed by atoms with Crippen LogP contribution in [0.4, 0.5) is 11.6 Å². The zero-order chi connectivity index (χ0) is 15.4. The van der Waals surface area contributed by atoms with Crippen molar-refractivity contribution >= 4 is 17.5 Å². The molecule has 108 valence electrons. The maximum atomic E-state index is 12.1. The van der Waals surface area contributed by atoms with E-state index in [9.17, 15) is 4.79 Å². The Morgan fingerprint density at radius 1 is 0.955 bits per heavy atom. The summed E-state index contributed by atoms with van der Waals surface area (Å²) < 4.78 is 0. The van der Waals surface area contributed by atoms with Crippen molar-refractivity contribution in [2.75, 3.05) is 11.1 Å².